The van der Waals surface area contributed by atoms with E-state index in [1.807, 2.05) is 4.90 Å². The lowest BCUT2D eigenvalue weighted by atomic mass is 10.00. The fraction of sp³-hybridized carbons (Fsp3) is 0.316. The van der Waals surface area contributed by atoms with Gasteiger partial charge in [-0.25, -0.2) is 14.2 Å². The van der Waals surface area contributed by atoms with E-state index < -0.39 is 17.7 Å². The number of amides is 1. The summed E-state index contributed by atoms with van der Waals surface area (Å²) >= 11 is 0. The maximum Gasteiger partial charge on any atom is 0.339 e. The second-order valence-corrected chi connectivity index (χ2v) is 6.55. The molecule has 1 fully saturated rings. The standard InChI is InChI=1S/C19H20FN3O3/c1-12-3-2-8-23(11-12)17-16(19(25)26)9-15(10-21-17)22-18(24)13-4-6-14(20)7-5-13/h4-7,9-10,12H,2-3,8,11H2,1H3,(H,22,24)(H,25,26)/t12-/m1/s1. The molecule has 7 heteroatoms. The lowest BCUT2D eigenvalue weighted by Gasteiger charge is -2.32. The Labute approximate surface area is 150 Å². The van der Waals surface area contributed by atoms with Gasteiger partial charge in [0.2, 0.25) is 0 Å². The van der Waals surface area contributed by atoms with Crippen molar-refractivity contribution in [2.24, 2.45) is 5.92 Å². The minimum absolute atomic E-state index is 0.0519. The average Bonchev–Trinajstić information content (AvgIpc) is 2.62. The van der Waals surface area contributed by atoms with Crippen LogP contribution in [-0.2, 0) is 0 Å². The van der Waals surface area contributed by atoms with Crippen LogP contribution in [0.25, 0.3) is 0 Å². The highest BCUT2D eigenvalue weighted by Crippen LogP contribution is 2.26. The third-order valence-corrected chi connectivity index (χ3v) is 4.42. The van der Waals surface area contributed by atoms with Gasteiger partial charge in [-0.15, -0.1) is 0 Å². The SMILES string of the molecule is C[C@@H]1CCCN(c2ncc(NC(=O)c3ccc(F)cc3)cc2C(=O)O)C1. The van der Waals surface area contributed by atoms with Crippen molar-refractivity contribution in [3.8, 4) is 0 Å². The van der Waals surface area contributed by atoms with Gasteiger partial charge in [-0.3, -0.25) is 4.79 Å². The van der Waals surface area contributed by atoms with Crippen molar-refractivity contribution in [2.45, 2.75) is 19.8 Å². The number of halogens is 1. The Morgan fingerprint density at radius 2 is 2.04 bits per heavy atom. The van der Waals surface area contributed by atoms with Gasteiger partial charge in [-0.05, 0) is 49.1 Å². The number of carboxylic acids is 1. The van der Waals surface area contributed by atoms with E-state index >= 15 is 0 Å². The third kappa shape index (κ3) is 3.99. The Morgan fingerprint density at radius 1 is 1.31 bits per heavy atom. The predicted molar refractivity (Wildman–Crippen MR) is 96.2 cm³/mol. The molecule has 1 aliphatic rings. The third-order valence-electron chi connectivity index (χ3n) is 4.42. The summed E-state index contributed by atoms with van der Waals surface area (Å²) in [6.45, 7) is 3.65. The number of hydrogen-bond acceptors (Lipinski definition) is 4. The van der Waals surface area contributed by atoms with Crippen molar-refractivity contribution in [3.05, 3.63) is 53.5 Å². The van der Waals surface area contributed by atoms with Crippen molar-refractivity contribution >= 4 is 23.4 Å². The zero-order valence-electron chi connectivity index (χ0n) is 14.4. The average molecular weight is 357 g/mol. The van der Waals surface area contributed by atoms with Crippen molar-refractivity contribution in [1.82, 2.24) is 4.98 Å². The Morgan fingerprint density at radius 3 is 2.69 bits per heavy atom. The van der Waals surface area contributed by atoms with Crippen LogP contribution in [0.5, 0.6) is 0 Å². The van der Waals surface area contributed by atoms with E-state index in [0.717, 1.165) is 25.9 Å². The molecule has 2 heterocycles. The summed E-state index contributed by atoms with van der Waals surface area (Å²) < 4.78 is 13.0. The number of carbonyl (C=O) groups is 2. The van der Waals surface area contributed by atoms with Crippen molar-refractivity contribution < 1.29 is 19.1 Å². The highest BCUT2D eigenvalue weighted by atomic mass is 19.1. The summed E-state index contributed by atoms with van der Waals surface area (Å²) in [6, 6.07) is 6.51. The summed E-state index contributed by atoms with van der Waals surface area (Å²) in [7, 11) is 0. The van der Waals surface area contributed by atoms with Crippen LogP contribution in [0.4, 0.5) is 15.9 Å². The van der Waals surface area contributed by atoms with Gasteiger partial charge in [-0.2, -0.15) is 0 Å². The van der Waals surface area contributed by atoms with Gasteiger partial charge in [0.05, 0.1) is 11.9 Å². The van der Waals surface area contributed by atoms with Crippen LogP contribution in [0.1, 0.15) is 40.5 Å². The smallest absolute Gasteiger partial charge is 0.339 e. The van der Waals surface area contributed by atoms with Gasteiger partial charge in [0.25, 0.3) is 5.91 Å². The minimum Gasteiger partial charge on any atom is -0.478 e. The first-order chi connectivity index (χ1) is 12.4. The molecule has 1 aliphatic heterocycles. The molecular weight excluding hydrogens is 337 g/mol. The van der Waals surface area contributed by atoms with E-state index in [9.17, 15) is 19.1 Å². The van der Waals surface area contributed by atoms with Gasteiger partial charge in [0.1, 0.15) is 17.2 Å². The second-order valence-electron chi connectivity index (χ2n) is 6.55. The first-order valence-corrected chi connectivity index (χ1v) is 8.49. The summed E-state index contributed by atoms with van der Waals surface area (Å²) in [5, 5.41) is 12.2. The number of nitrogens with zero attached hydrogens (tertiary/aromatic N) is 2. The molecule has 1 saturated heterocycles. The molecule has 1 amide bonds. The normalized spacial score (nSPS) is 17.0. The number of aromatic nitrogens is 1. The largest absolute Gasteiger partial charge is 0.478 e. The zero-order valence-corrected chi connectivity index (χ0v) is 14.4. The van der Waals surface area contributed by atoms with Crippen LogP contribution in [0.2, 0.25) is 0 Å². The van der Waals surface area contributed by atoms with E-state index in [1.54, 1.807) is 0 Å². The van der Waals surface area contributed by atoms with E-state index in [1.165, 1.54) is 36.5 Å². The van der Waals surface area contributed by atoms with Crippen LogP contribution in [0.15, 0.2) is 36.5 Å². The Balaban J connectivity index is 1.83. The number of hydrogen-bond donors (Lipinski definition) is 2. The number of carboxylic acid groups (broad SMARTS) is 1. The maximum atomic E-state index is 13.0. The quantitative estimate of drug-likeness (QED) is 0.876. The Hall–Kier alpha value is -2.96. The molecule has 1 atom stereocenters. The van der Waals surface area contributed by atoms with Gasteiger partial charge < -0.3 is 15.3 Å². The fourth-order valence-electron chi connectivity index (χ4n) is 3.12. The number of aromatic carboxylic acids is 1. The van der Waals surface area contributed by atoms with Crippen LogP contribution in [0.3, 0.4) is 0 Å². The minimum atomic E-state index is -1.09. The number of piperidine rings is 1. The van der Waals surface area contributed by atoms with Crippen molar-refractivity contribution in [3.63, 3.8) is 0 Å². The van der Waals surface area contributed by atoms with Gasteiger partial charge in [-0.1, -0.05) is 6.92 Å². The summed E-state index contributed by atoms with van der Waals surface area (Å²) in [4.78, 5) is 30.2. The molecule has 1 aromatic heterocycles. The van der Waals surface area contributed by atoms with Crippen molar-refractivity contribution in [2.75, 3.05) is 23.3 Å². The lowest BCUT2D eigenvalue weighted by molar-refractivity contribution is 0.0696. The molecule has 136 valence electrons. The molecule has 0 saturated carbocycles. The van der Waals surface area contributed by atoms with Crippen molar-refractivity contribution in [1.29, 1.82) is 0 Å². The Bertz CT molecular complexity index is 823. The number of pyridine rings is 1. The van der Waals surface area contributed by atoms with Gasteiger partial charge >= 0.3 is 5.97 Å². The molecule has 2 aromatic rings. The number of anilines is 2. The monoisotopic (exact) mass is 357 g/mol. The number of carbonyl (C=O) groups excluding carboxylic acids is 1. The number of nitrogens with one attached hydrogen (secondary N) is 1. The maximum absolute atomic E-state index is 13.0. The Kier molecular flexibility index (Phi) is 5.16. The molecule has 0 radical (unpaired) electrons. The van der Waals surface area contributed by atoms with E-state index in [-0.39, 0.29) is 16.8 Å². The highest BCUT2D eigenvalue weighted by molar-refractivity contribution is 6.05. The molecule has 26 heavy (non-hydrogen) atoms. The van der Waals surface area contributed by atoms with Crippen LogP contribution < -0.4 is 10.2 Å². The summed E-state index contributed by atoms with van der Waals surface area (Å²) in [6.07, 6.45) is 3.55. The molecule has 2 N–H and O–H groups in total. The van der Waals surface area contributed by atoms with E-state index in [0.29, 0.717) is 11.7 Å². The summed E-state index contributed by atoms with van der Waals surface area (Å²) in [5.74, 6) is -1.09. The molecule has 3 rings (SSSR count). The molecule has 0 unspecified atom stereocenters. The topological polar surface area (TPSA) is 82.5 Å². The van der Waals surface area contributed by atoms with Crippen LogP contribution in [0, 0.1) is 11.7 Å². The van der Waals surface area contributed by atoms with Gasteiger partial charge in [0.15, 0.2) is 0 Å². The van der Waals surface area contributed by atoms with Crippen LogP contribution in [-0.4, -0.2) is 35.1 Å². The second kappa shape index (κ2) is 7.51. The van der Waals surface area contributed by atoms with Crippen LogP contribution >= 0.6 is 0 Å². The predicted octanol–water partition coefficient (Wildman–Crippen LogP) is 3.41. The van der Waals surface area contributed by atoms with Gasteiger partial charge in [0, 0.05) is 18.7 Å². The first kappa shape index (κ1) is 17.8. The molecule has 0 spiro atoms. The molecule has 0 bridgehead atoms. The lowest BCUT2D eigenvalue weighted by Crippen LogP contribution is -2.36. The highest BCUT2D eigenvalue weighted by Gasteiger charge is 2.23. The number of rotatable bonds is 4. The summed E-state index contributed by atoms with van der Waals surface area (Å²) in [5.41, 5.74) is 0.610. The number of benzene rings is 1. The zero-order chi connectivity index (χ0) is 18.7. The molecule has 6 nitrogen and oxygen atoms in total. The molecule has 0 aliphatic carbocycles. The fourth-order valence-corrected chi connectivity index (χ4v) is 3.12. The molecular formula is C19H20FN3O3. The van der Waals surface area contributed by atoms with E-state index in [2.05, 4.69) is 17.2 Å². The van der Waals surface area contributed by atoms with E-state index in [4.69, 9.17) is 0 Å². The first-order valence-electron chi connectivity index (χ1n) is 8.49. The molecule has 1 aromatic carbocycles.